The third-order valence-corrected chi connectivity index (χ3v) is 4.02. The lowest BCUT2D eigenvalue weighted by atomic mass is 10.2. The van der Waals surface area contributed by atoms with Gasteiger partial charge in [0.2, 0.25) is 6.69 Å². The molecule has 0 rings (SSSR count). The molecule has 0 aromatic rings. The van der Waals surface area contributed by atoms with Gasteiger partial charge in [-0.1, -0.05) is 19.3 Å². The quantitative estimate of drug-likeness (QED) is 0.380. The van der Waals surface area contributed by atoms with Crippen LogP contribution < -0.4 is 0 Å². The lowest BCUT2D eigenvalue weighted by Gasteiger charge is -2.08. The Balaban J connectivity index is 3.07. The number of rotatable bonds is 6. The average molecular weight is 224 g/mol. The third-order valence-electron chi connectivity index (χ3n) is 1.65. The van der Waals surface area contributed by atoms with Crippen molar-refractivity contribution in [3.05, 3.63) is 0 Å². The molecule has 0 radical (unpaired) electrons. The smallest absolute Gasteiger partial charge is 0.198 e. The number of hydrogen-bond donors (Lipinski definition) is 0. The van der Waals surface area contributed by atoms with Crippen molar-refractivity contribution in [2.45, 2.75) is 44.7 Å². The molecular formula is C8H15Cl2NSi. The SMILES string of the molecule is C[Si](Cl)(Cl)CCCCCCC#N. The molecule has 12 heavy (non-hydrogen) atoms. The summed E-state index contributed by atoms with van der Waals surface area (Å²) in [5, 5.41) is 8.27. The lowest BCUT2D eigenvalue weighted by molar-refractivity contribution is 0.675. The minimum absolute atomic E-state index is 0.677. The van der Waals surface area contributed by atoms with E-state index < -0.39 is 6.69 Å². The van der Waals surface area contributed by atoms with E-state index in [2.05, 4.69) is 6.07 Å². The van der Waals surface area contributed by atoms with E-state index in [1.807, 2.05) is 6.55 Å². The Morgan fingerprint density at radius 1 is 1.17 bits per heavy atom. The van der Waals surface area contributed by atoms with Crippen molar-refractivity contribution in [3.8, 4) is 6.07 Å². The molecule has 0 bridgehead atoms. The van der Waals surface area contributed by atoms with E-state index in [0.29, 0.717) is 6.42 Å². The van der Waals surface area contributed by atoms with Crippen molar-refractivity contribution < 1.29 is 0 Å². The van der Waals surface area contributed by atoms with Gasteiger partial charge >= 0.3 is 0 Å². The van der Waals surface area contributed by atoms with Gasteiger partial charge in [0.25, 0.3) is 0 Å². The van der Waals surface area contributed by atoms with E-state index in [0.717, 1.165) is 31.7 Å². The number of unbranched alkanes of at least 4 members (excludes halogenated alkanes) is 4. The molecule has 0 N–H and O–H groups in total. The topological polar surface area (TPSA) is 23.8 Å². The molecule has 1 nitrogen and oxygen atoms in total. The first-order valence-corrected chi connectivity index (χ1v) is 9.04. The Bertz CT molecular complexity index is 148. The highest BCUT2D eigenvalue weighted by Gasteiger charge is 2.19. The van der Waals surface area contributed by atoms with Crippen LogP contribution in [0.1, 0.15) is 32.1 Å². The van der Waals surface area contributed by atoms with Crippen molar-refractivity contribution in [2.24, 2.45) is 0 Å². The molecule has 0 heterocycles. The van der Waals surface area contributed by atoms with Crippen molar-refractivity contribution in [3.63, 3.8) is 0 Å². The van der Waals surface area contributed by atoms with Gasteiger partial charge in [-0.15, -0.1) is 22.2 Å². The first-order chi connectivity index (χ1) is 5.56. The summed E-state index contributed by atoms with van der Waals surface area (Å²) >= 11 is 11.9. The molecular weight excluding hydrogens is 209 g/mol. The minimum Gasteiger partial charge on any atom is -0.198 e. The molecule has 0 amide bonds. The molecule has 0 aliphatic heterocycles. The van der Waals surface area contributed by atoms with Gasteiger partial charge in [-0.3, -0.25) is 0 Å². The van der Waals surface area contributed by atoms with Gasteiger partial charge in [-0.05, 0) is 19.0 Å². The van der Waals surface area contributed by atoms with Crippen LogP contribution in [0.4, 0.5) is 0 Å². The summed E-state index contributed by atoms with van der Waals surface area (Å²) in [4.78, 5) is 0. The van der Waals surface area contributed by atoms with E-state index in [4.69, 9.17) is 27.4 Å². The maximum atomic E-state index is 8.27. The van der Waals surface area contributed by atoms with Crippen LogP contribution in [-0.4, -0.2) is 6.69 Å². The largest absolute Gasteiger partial charge is 0.248 e. The van der Waals surface area contributed by atoms with Crippen molar-refractivity contribution in [2.75, 3.05) is 0 Å². The molecule has 0 atom stereocenters. The molecule has 0 aromatic heterocycles. The summed E-state index contributed by atoms with van der Waals surface area (Å²) in [6, 6.07) is 3.11. The second-order valence-corrected chi connectivity index (χ2v) is 11.4. The Labute approximate surface area is 85.1 Å². The highest BCUT2D eigenvalue weighted by molar-refractivity contribution is 7.44. The fraction of sp³-hybridized carbons (Fsp3) is 0.875. The van der Waals surface area contributed by atoms with Gasteiger partial charge in [-0.25, -0.2) is 0 Å². The minimum atomic E-state index is -1.85. The van der Waals surface area contributed by atoms with Crippen LogP contribution in [0.5, 0.6) is 0 Å². The molecule has 70 valence electrons. The van der Waals surface area contributed by atoms with Crippen LogP contribution >= 0.6 is 22.2 Å². The molecule has 0 spiro atoms. The maximum absolute atomic E-state index is 8.27. The van der Waals surface area contributed by atoms with Crippen molar-refractivity contribution in [1.29, 1.82) is 5.26 Å². The normalized spacial score (nSPS) is 11.2. The van der Waals surface area contributed by atoms with E-state index in [-0.39, 0.29) is 0 Å². The van der Waals surface area contributed by atoms with Crippen LogP contribution in [-0.2, 0) is 0 Å². The third kappa shape index (κ3) is 10.3. The molecule has 0 fully saturated rings. The summed E-state index contributed by atoms with van der Waals surface area (Å²) in [5.41, 5.74) is 0. The van der Waals surface area contributed by atoms with Crippen LogP contribution in [0.15, 0.2) is 0 Å². The average Bonchev–Trinajstić information content (AvgIpc) is 1.94. The van der Waals surface area contributed by atoms with Gasteiger partial charge in [0, 0.05) is 6.42 Å². The standard InChI is InChI=1S/C8H15Cl2NSi/c1-12(9,10)8-6-4-2-3-5-7-11/h2-6,8H2,1H3. The van der Waals surface area contributed by atoms with Crippen molar-refractivity contribution in [1.82, 2.24) is 0 Å². The van der Waals surface area contributed by atoms with E-state index in [1.54, 1.807) is 0 Å². The molecule has 0 aliphatic carbocycles. The van der Waals surface area contributed by atoms with E-state index in [1.165, 1.54) is 0 Å². The first kappa shape index (κ1) is 12.3. The molecule has 4 heteroatoms. The summed E-state index contributed by atoms with van der Waals surface area (Å²) in [7, 11) is 0. The van der Waals surface area contributed by atoms with Crippen LogP contribution in [0.2, 0.25) is 12.6 Å². The van der Waals surface area contributed by atoms with Gasteiger partial charge in [0.15, 0.2) is 0 Å². The zero-order valence-electron chi connectivity index (χ0n) is 7.45. The predicted molar refractivity (Wildman–Crippen MR) is 56.8 cm³/mol. The molecule has 0 aromatic carbocycles. The summed E-state index contributed by atoms with van der Waals surface area (Å²) in [6.45, 7) is 0.104. The zero-order chi connectivity index (χ0) is 9.45. The Morgan fingerprint density at radius 3 is 2.25 bits per heavy atom. The second kappa shape index (κ2) is 6.77. The number of nitriles is 1. The Morgan fingerprint density at radius 2 is 1.75 bits per heavy atom. The number of halogens is 2. The van der Waals surface area contributed by atoms with E-state index in [9.17, 15) is 0 Å². The van der Waals surface area contributed by atoms with Gasteiger partial charge in [0.1, 0.15) is 0 Å². The Kier molecular flexibility index (Phi) is 6.93. The highest BCUT2D eigenvalue weighted by Crippen LogP contribution is 2.23. The number of nitrogens with zero attached hydrogens (tertiary/aromatic N) is 1. The maximum Gasteiger partial charge on any atom is 0.248 e. The number of hydrogen-bond acceptors (Lipinski definition) is 1. The molecule has 0 aliphatic rings. The zero-order valence-corrected chi connectivity index (χ0v) is 9.96. The molecule has 0 saturated heterocycles. The Hall–Kier alpha value is 0.287. The van der Waals surface area contributed by atoms with Crippen LogP contribution in [0, 0.1) is 11.3 Å². The highest BCUT2D eigenvalue weighted by atomic mass is 35.7. The summed E-state index contributed by atoms with van der Waals surface area (Å²) < 4.78 is 0. The summed E-state index contributed by atoms with van der Waals surface area (Å²) in [6.07, 6.45) is 5.09. The predicted octanol–water partition coefficient (Wildman–Crippen LogP) is 4.01. The first-order valence-electron chi connectivity index (χ1n) is 4.31. The fourth-order valence-electron chi connectivity index (χ4n) is 0.993. The van der Waals surface area contributed by atoms with Crippen molar-refractivity contribution >= 4 is 28.9 Å². The van der Waals surface area contributed by atoms with Gasteiger partial charge in [0.05, 0.1) is 6.07 Å². The second-order valence-electron chi connectivity index (χ2n) is 3.14. The fourth-order valence-corrected chi connectivity index (χ4v) is 2.67. The lowest BCUT2D eigenvalue weighted by Crippen LogP contribution is -2.11. The van der Waals surface area contributed by atoms with Crippen LogP contribution in [0.25, 0.3) is 0 Å². The van der Waals surface area contributed by atoms with E-state index >= 15 is 0 Å². The molecule has 0 saturated carbocycles. The van der Waals surface area contributed by atoms with Crippen LogP contribution in [0.3, 0.4) is 0 Å². The van der Waals surface area contributed by atoms with Gasteiger partial charge in [-0.2, -0.15) is 5.26 Å². The monoisotopic (exact) mass is 223 g/mol. The summed E-state index contributed by atoms with van der Waals surface area (Å²) in [5.74, 6) is 0. The van der Waals surface area contributed by atoms with Gasteiger partial charge < -0.3 is 0 Å². The molecule has 0 unspecified atom stereocenters.